The van der Waals surface area contributed by atoms with Gasteiger partial charge >= 0.3 is 0 Å². The molecule has 0 heteroatoms. The highest BCUT2D eigenvalue weighted by Gasteiger charge is 2.28. The van der Waals surface area contributed by atoms with Crippen molar-refractivity contribution in [1.82, 2.24) is 0 Å². The Hall–Kier alpha value is -1.56. The predicted octanol–water partition coefficient (Wildman–Crippen LogP) is 6.38. The zero-order valence-electron chi connectivity index (χ0n) is 15.4. The van der Waals surface area contributed by atoms with E-state index in [9.17, 15) is 0 Å². The normalized spacial score (nSPS) is 20.0. The van der Waals surface area contributed by atoms with E-state index in [1.54, 1.807) is 33.4 Å². The van der Waals surface area contributed by atoms with E-state index in [2.05, 4.69) is 36.4 Å². The van der Waals surface area contributed by atoms with Crippen molar-refractivity contribution in [3.8, 4) is 0 Å². The lowest BCUT2D eigenvalue weighted by molar-refractivity contribution is 0.327. The minimum Gasteiger partial charge on any atom is -0.0585 e. The van der Waals surface area contributed by atoms with E-state index >= 15 is 0 Å². The molecule has 0 heterocycles. The Morgan fingerprint density at radius 3 is 1.64 bits per heavy atom. The molecule has 25 heavy (non-hydrogen) atoms. The molecule has 5 rings (SSSR count). The number of benzene rings is 2. The lowest BCUT2D eigenvalue weighted by atomic mass is 9.73. The molecule has 3 aliphatic carbocycles. The van der Waals surface area contributed by atoms with Crippen molar-refractivity contribution < 1.29 is 0 Å². The van der Waals surface area contributed by atoms with Gasteiger partial charge in [-0.2, -0.15) is 0 Å². The van der Waals surface area contributed by atoms with Crippen LogP contribution in [0.1, 0.15) is 84.2 Å². The fraction of sp³-hybridized carbons (Fsp3) is 0.520. The lowest BCUT2D eigenvalue weighted by Crippen LogP contribution is -2.18. The van der Waals surface area contributed by atoms with Gasteiger partial charge in [0.1, 0.15) is 0 Å². The van der Waals surface area contributed by atoms with Crippen LogP contribution < -0.4 is 0 Å². The topological polar surface area (TPSA) is 0 Å². The molecule has 3 aliphatic rings. The third kappa shape index (κ3) is 2.94. The molecule has 0 aromatic heterocycles. The zero-order chi connectivity index (χ0) is 16.6. The fourth-order valence-electron chi connectivity index (χ4n) is 5.77. The monoisotopic (exact) mass is 330 g/mol. The second-order valence-electron chi connectivity index (χ2n) is 8.64. The summed E-state index contributed by atoms with van der Waals surface area (Å²) in [6.07, 6.45) is 15.0. The molecule has 0 nitrogen and oxygen atoms in total. The molecule has 0 bridgehead atoms. The number of fused-ring (bicyclic) bond motifs is 2. The van der Waals surface area contributed by atoms with Gasteiger partial charge in [0.2, 0.25) is 0 Å². The maximum atomic E-state index is 2.58. The van der Waals surface area contributed by atoms with E-state index in [0.29, 0.717) is 5.92 Å². The van der Waals surface area contributed by atoms with Gasteiger partial charge in [-0.3, -0.25) is 0 Å². The molecule has 2 aromatic carbocycles. The van der Waals surface area contributed by atoms with E-state index in [1.165, 1.54) is 70.6 Å². The Bertz CT molecular complexity index is 706. The highest BCUT2D eigenvalue weighted by atomic mass is 14.3. The van der Waals surface area contributed by atoms with Crippen molar-refractivity contribution in [2.24, 2.45) is 5.92 Å². The van der Waals surface area contributed by atoms with Gasteiger partial charge in [0.15, 0.2) is 0 Å². The molecule has 0 N–H and O–H groups in total. The largest absolute Gasteiger partial charge is 0.0585 e. The molecule has 1 saturated carbocycles. The van der Waals surface area contributed by atoms with Crippen LogP contribution in [0.25, 0.3) is 0 Å². The first-order valence-electron chi connectivity index (χ1n) is 10.6. The van der Waals surface area contributed by atoms with Crippen LogP contribution in [-0.2, 0) is 25.7 Å². The third-order valence-corrected chi connectivity index (χ3v) is 7.08. The Labute approximate surface area is 152 Å². The number of aryl methyl sites for hydroxylation is 4. The molecule has 0 unspecified atom stereocenters. The summed E-state index contributed by atoms with van der Waals surface area (Å²) in [5, 5.41) is 0. The van der Waals surface area contributed by atoms with Gasteiger partial charge in [-0.15, -0.1) is 0 Å². The summed E-state index contributed by atoms with van der Waals surface area (Å²) in [6.45, 7) is 0. The highest BCUT2D eigenvalue weighted by Crippen LogP contribution is 2.42. The van der Waals surface area contributed by atoms with Gasteiger partial charge in [-0.1, -0.05) is 55.7 Å². The molecular formula is C25H30. The molecule has 0 spiro atoms. The van der Waals surface area contributed by atoms with Crippen LogP contribution >= 0.6 is 0 Å². The maximum Gasteiger partial charge on any atom is 0.0118 e. The summed E-state index contributed by atoms with van der Waals surface area (Å²) in [4.78, 5) is 0. The lowest BCUT2D eigenvalue weighted by Gasteiger charge is -2.32. The summed E-state index contributed by atoms with van der Waals surface area (Å²) in [6, 6.07) is 15.0. The Balaban J connectivity index is 1.56. The van der Waals surface area contributed by atoms with Crippen LogP contribution in [0.3, 0.4) is 0 Å². The van der Waals surface area contributed by atoms with Crippen LogP contribution in [0.2, 0.25) is 0 Å². The van der Waals surface area contributed by atoms with Crippen LogP contribution in [0, 0.1) is 5.92 Å². The van der Waals surface area contributed by atoms with Gasteiger partial charge in [-0.25, -0.2) is 0 Å². The van der Waals surface area contributed by atoms with Gasteiger partial charge in [0.25, 0.3) is 0 Å². The average Bonchev–Trinajstić information content (AvgIpc) is 3.31. The summed E-state index contributed by atoms with van der Waals surface area (Å²) in [7, 11) is 0. The van der Waals surface area contributed by atoms with Crippen LogP contribution in [0.4, 0.5) is 0 Å². The smallest absolute Gasteiger partial charge is 0.0118 e. The predicted molar refractivity (Wildman–Crippen MR) is 105 cm³/mol. The van der Waals surface area contributed by atoms with Gasteiger partial charge in [0.05, 0.1) is 0 Å². The summed E-state index contributed by atoms with van der Waals surface area (Å²) in [5.41, 5.74) is 9.70. The molecule has 0 aliphatic heterocycles. The highest BCUT2D eigenvalue weighted by molar-refractivity contribution is 5.44. The molecule has 0 radical (unpaired) electrons. The van der Waals surface area contributed by atoms with Crippen molar-refractivity contribution in [3.63, 3.8) is 0 Å². The van der Waals surface area contributed by atoms with Crippen LogP contribution in [0.5, 0.6) is 0 Å². The first kappa shape index (κ1) is 15.7. The first-order chi connectivity index (χ1) is 12.4. The fourth-order valence-corrected chi connectivity index (χ4v) is 5.77. The molecule has 0 atom stereocenters. The summed E-state index contributed by atoms with van der Waals surface area (Å²) in [5.74, 6) is 1.46. The summed E-state index contributed by atoms with van der Waals surface area (Å²) < 4.78 is 0. The number of hydrogen-bond donors (Lipinski definition) is 0. The molecule has 0 saturated heterocycles. The van der Waals surface area contributed by atoms with E-state index in [0.717, 1.165) is 5.92 Å². The standard InChI is InChI=1S/C25H30/c1-2-6-20(7-3-1)25(23-14-12-18-8-4-10-21(18)16-23)24-15-13-19-9-5-11-22(19)17-24/h12-17,20,25H,1-11H2. The van der Waals surface area contributed by atoms with Crippen molar-refractivity contribution in [1.29, 1.82) is 0 Å². The minimum absolute atomic E-state index is 0.622. The van der Waals surface area contributed by atoms with Gasteiger partial charge in [0, 0.05) is 5.92 Å². The molecule has 1 fully saturated rings. The second kappa shape index (κ2) is 6.63. The number of rotatable bonds is 3. The summed E-state index contributed by atoms with van der Waals surface area (Å²) >= 11 is 0. The first-order valence-corrected chi connectivity index (χ1v) is 10.6. The van der Waals surface area contributed by atoms with Crippen molar-refractivity contribution in [2.45, 2.75) is 76.5 Å². The van der Waals surface area contributed by atoms with E-state index in [4.69, 9.17) is 0 Å². The Kier molecular flexibility index (Phi) is 4.16. The Morgan fingerprint density at radius 1 is 0.560 bits per heavy atom. The molecule has 2 aromatic rings. The molecule has 130 valence electrons. The average molecular weight is 331 g/mol. The van der Waals surface area contributed by atoms with Gasteiger partial charge in [-0.05, 0) is 90.7 Å². The van der Waals surface area contributed by atoms with E-state index < -0.39 is 0 Å². The second-order valence-corrected chi connectivity index (χ2v) is 8.64. The number of hydrogen-bond acceptors (Lipinski definition) is 0. The SMILES string of the molecule is c1cc2c(cc1C(c1ccc3c(c1)CCC3)C1CCCCC1)CCC2. The Morgan fingerprint density at radius 2 is 1.08 bits per heavy atom. The third-order valence-electron chi connectivity index (χ3n) is 7.08. The van der Waals surface area contributed by atoms with Crippen LogP contribution in [0.15, 0.2) is 36.4 Å². The van der Waals surface area contributed by atoms with Crippen LogP contribution in [-0.4, -0.2) is 0 Å². The van der Waals surface area contributed by atoms with Gasteiger partial charge < -0.3 is 0 Å². The quantitative estimate of drug-likeness (QED) is 0.613. The van der Waals surface area contributed by atoms with Crippen molar-refractivity contribution >= 4 is 0 Å². The van der Waals surface area contributed by atoms with E-state index in [-0.39, 0.29) is 0 Å². The van der Waals surface area contributed by atoms with Crippen molar-refractivity contribution in [3.05, 3.63) is 69.8 Å². The minimum atomic E-state index is 0.622. The molecular weight excluding hydrogens is 300 g/mol. The zero-order valence-corrected chi connectivity index (χ0v) is 15.4. The maximum absolute atomic E-state index is 2.58. The van der Waals surface area contributed by atoms with Crippen molar-refractivity contribution in [2.75, 3.05) is 0 Å². The molecule has 0 amide bonds. The van der Waals surface area contributed by atoms with E-state index in [1.807, 2.05) is 0 Å².